The fraction of sp³-hybridized carbons (Fsp3) is 0.118. The van der Waals surface area contributed by atoms with E-state index in [9.17, 15) is 0 Å². The van der Waals surface area contributed by atoms with Crippen molar-refractivity contribution in [3.63, 3.8) is 0 Å². The fourth-order valence-corrected chi connectivity index (χ4v) is 2.44. The van der Waals surface area contributed by atoms with E-state index in [2.05, 4.69) is 40.5 Å². The molecule has 0 aliphatic rings. The minimum atomic E-state index is 0.443. The van der Waals surface area contributed by atoms with Gasteiger partial charge in [0.15, 0.2) is 0 Å². The van der Waals surface area contributed by atoms with Gasteiger partial charge in [-0.2, -0.15) is 4.98 Å². The summed E-state index contributed by atoms with van der Waals surface area (Å²) >= 11 is 0. The molecule has 8 heteroatoms. The third kappa shape index (κ3) is 3.52. The summed E-state index contributed by atoms with van der Waals surface area (Å²) < 4.78 is 0. The number of aryl methyl sites for hydroxylation is 1. The average molecular weight is 332 g/mol. The lowest BCUT2D eigenvalue weighted by atomic mass is 10.3. The van der Waals surface area contributed by atoms with Gasteiger partial charge in [-0.05, 0) is 25.1 Å². The Hall–Kier alpha value is -3.55. The van der Waals surface area contributed by atoms with Crippen LogP contribution in [-0.4, -0.2) is 29.9 Å². The standard InChI is InChI=1S/C17H16N8/c1-11-9-14(24-17(21-11)25-16-18-7-4-8-19-16)20-10-15-22-12-5-2-3-6-13(12)23-15/h2-9H,10H2,1H3,(H,22,23)(H2,18,19,20,21,24,25). The number of H-pyrrole nitrogens is 1. The Bertz CT molecular complexity index is 963. The lowest BCUT2D eigenvalue weighted by molar-refractivity contribution is 0.984. The first kappa shape index (κ1) is 15.0. The summed E-state index contributed by atoms with van der Waals surface area (Å²) in [5.41, 5.74) is 2.80. The molecule has 0 bridgehead atoms. The molecule has 8 nitrogen and oxygen atoms in total. The first-order valence-corrected chi connectivity index (χ1v) is 7.83. The molecular weight excluding hydrogens is 316 g/mol. The number of imidazole rings is 1. The van der Waals surface area contributed by atoms with Crippen LogP contribution in [0.15, 0.2) is 48.8 Å². The van der Waals surface area contributed by atoms with Crippen molar-refractivity contribution < 1.29 is 0 Å². The fourth-order valence-electron chi connectivity index (χ4n) is 2.44. The van der Waals surface area contributed by atoms with Crippen molar-refractivity contribution in [2.75, 3.05) is 10.6 Å². The molecule has 0 saturated carbocycles. The summed E-state index contributed by atoms with van der Waals surface area (Å²) in [6.07, 6.45) is 3.32. The van der Waals surface area contributed by atoms with Gasteiger partial charge < -0.3 is 10.3 Å². The van der Waals surface area contributed by atoms with Crippen LogP contribution in [0.3, 0.4) is 0 Å². The molecule has 0 atom stereocenters. The zero-order valence-corrected chi connectivity index (χ0v) is 13.6. The molecule has 0 aliphatic carbocycles. The van der Waals surface area contributed by atoms with Gasteiger partial charge in [-0.25, -0.2) is 19.9 Å². The molecule has 0 unspecified atom stereocenters. The monoisotopic (exact) mass is 332 g/mol. The maximum absolute atomic E-state index is 4.54. The topological polar surface area (TPSA) is 104 Å². The molecule has 0 radical (unpaired) electrons. The van der Waals surface area contributed by atoms with Gasteiger partial charge in [-0.15, -0.1) is 0 Å². The quantitative estimate of drug-likeness (QED) is 0.516. The summed E-state index contributed by atoms with van der Waals surface area (Å²) in [4.78, 5) is 24.8. The van der Waals surface area contributed by atoms with Crippen LogP contribution in [0.1, 0.15) is 11.5 Å². The summed E-state index contributed by atoms with van der Waals surface area (Å²) in [6.45, 7) is 2.44. The normalized spacial score (nSPS) is 10.8. The van der Waals surface area contributed by atoms with Crippen LogP contribution in [-0.2, 0) is 6.54 Å². The molecule has 0 amide bonds. The van der Waals surface area contributed by atoms with E-state index in [0.29, 0.717) is 24.3 Å². The lowest BCUT2D eigenvalue weighted by Gasteiger charge is -2.08. The maximum Gasteiger partial charge on any atom is 0.231 e. The Labute approximate surface area is 143 Å². The molecule has 0 aliphatic heterocycles. The van der Waals surface area contributed by atoms with Gasteiger partial charge in [0.1, 0.15) is 11.6 Å². The summed E-state index contributed by atoms with van der Waals surface area (Å²) in [7, 11) is 0. The molecule has 4 aromatic rings. The van der Waals surface area contributed by atoms with E-state index in [4.69, 9.17) is 0 Å². The number of nitrogens with zero attached hydrogens (tertiary/aromatic N) is 5. The van der Waals surface area contributed by atoms with Crippen molar-refractivity contribution >= 4 is 28.7 Å². The first-order chi connectivity index (χ1) is 12.3. The molecule has 0 fully saturated rings. The smallest absolute Gasteiger partial charge is 0.231 e. The SMILES string of the molecule is Cc1cc(NCc2nc3ccccc3[nH]2)nc(Nc2ncccn2)n1. The predicted molar refractivity (Wildman–Crippen MR) is 95.5 cm³/mol. The van der Waals surface area contributed by atoms with Gasteiger partial charge in [0.05, 0.1) is 17.6 Å². The number of aromatic nitrogens is 6. The zero-order valence-electron chi connectivity index (χ0n) is 13.6. The number of aromatic amines is 1. The molecule has 1 aromatic carbocycles. The Balaban J connectivity index is 1.50. The maximum atomic E-state index is 4.54. The van der Waals surface area contributed by atoms with Crippen LogP contribution in [0.25, 0.3) is 11.0 Å². The number of hydrogen-bond donors (Lipinski definition) is 3. The van der Waals surface area contributed by atoms with Gasteiger partial charge in [-0.3, -0.25) is 5.32 Å². The van der Waals surface area contributed by atoms with Crippen LogP contribution < -0.4 is 10.6 Å². The van der Waals surface area contributed by atoms with Crippen molar-refractivity contribution in [3.05, 3.63) is 60.3 Å². The van der Waals surface area contributed by atoms with Gasteiger partial charge in [0.2, 0.25) is 11.9 Å². The van der Waals surface area contributed by atoms with Crippen molar-refractivity contribution in [1.82, 2.24) is 29.9 Å². The largest absolute Gasteiger partial charge is 0.363 e. The van der Waals surface area contributed by atoms with Crippen LogP contribution >= 0.6 is 0 Å². The van der Waals surface area contributed by atoms with E-state index in [1.54, 1.807) is 18.5 Å². The second-order valence-corrected chi connectivity index (χ2v) is 5.47. The van der Waals surface area contributed by atoms with E-state index in [-0.39, 0.29) is 0 Å². The molecule has 4 rings (SSSR count). The molecule has 0 spiro atoms. The Morgan fingerprint density at radius 3 is 2.64 bits per heavy atom. The molecule has 124 valence electrons. The highest BCUT2D eigenvalue weighted by Gasteiger charge is 2.06. The van der Waals surface area contributed by atoms with Gasteiger partial charge >= 0.3 is 0 Å². The second kappa shape index (κ2) is 6.52. The Morgan fingerprint density at radius 2 is 1.80 bits per heavy atom. The first-order valence-electron chi connectivity index (χ1n) is 7.83. The number of rotatable bonds is 5. The van der Waals surface area contributed by atoms with Crippen molar-refractivity contribution in [2.24, 2.45) is 0 Å². The summed E-state index contributed by atoms with van der Waals surface area (Å²) in [5, 5.41) is 6.26. The minimum Gasteiger partial charge on any atom is -0.363 e. The Morgan fingerprint density at radius 1 is 0.960 bits per heavy atom. The van der Waals surface area contributed by atoms with Gasteiger partial charge in [0, 0.05) is 24.2 Å². The van der Waals surface area contributed by atoms with Crippen molar-refractivity contribution in [1.29, 1.82) is 0 Å². The minimum absolute atomic E-state index is 0.443. The third-order valence-corrected chi connectivity index (χ3v) is 3.52. The van der Waals surface area contributed by atoms with Crippen LogP contribution in [0, 0.1) is 6.92 Å². The predicted octanol–water partition coefficient (Wildman–Crippen LogP) is 2.81. The number of benzene rings is 1. The molecule has 0 saturated heterocycles. The number of nitrogens with one attached hydrogen (secondary N) is 3. The molecular formula is C17H16N8. The van der Waals surface area contributed by atoms with E-state index < -0.39 is 0 Å². The number of fused-ring (bicyclic) bond motifs is 1. The lowest BCUT2D eigenvalue weighted by Crippen LogP contribution is -2.07. The van der Waals surface area contributed by atoms with Crippen LogP contribution in [0.2, 0.25) is 0 Å². The van der Waals surface area contributed by atoms with E-state index in [0.717, 1.165) is 22.6 Å². The van der Waals surface area contributed by atoms with E-state index in [1.165, 1.54) is 0 Å². The van der Waals surface area contributed by atoms with Crippen molar-refractivity contribution in [2.45, 2.75) is 13.5 Å². The highest BCUT2D eigenvalue weighted by molar-refractivity contribution is 5.74. The van der Waals surface area contributed by atoms with Crippen LogP contribution in [0.5, 0.6) is 0 Å². The molecule has 25 heavy (non-hydrogen) atoms. The highest BCUT2D eigenvalue weighted by Crippen LogP contribution is 2.14. The highest BCUT2D eigenvalue weighted by atomic mass is 15.2. The van der Waals surface area contributed by atoms with E-state index >= 15 is 0 Å². The molecule has 3 N–H and O–H groups in total. The summed E-state index contributed by atoms with van der Waals surface area (Å²) in [5.74, 6) is 2.44. The zero-order chi connectivity index (χ0) is 17.1. The number of anilines is 3. The Kier molecular flexibility index (Phi) is 3.91. The van der Waals surface area contributed by atoms with Crippen molar-refractivity contribution in [3.8, 4) is 0 Å². The van der Waals surface area contributed by atoms with Gasteiger partial charge in [-0.1, -0.05) is 12.1 Å². The second-order valence-electron chi connectivity index (χ2n) is 5.47. The molecule has 3 aromatic heterocycles. The van der Waals surface area contributed by atoms with E-state index in [1.807, 2.05) is 37.3 Å². The molecule has 3 heterocycles. The van der Waals surface area contributed by atoms with Crippen LogP contribution in [0.4, 0.5) is 17.7 Å². The average Bonchev–Trinajstić information content (AvgIpc) is 3.03. The third-order valence-electron chi connectivity index (χ3n) is 3.52. The number of para-hydroxylation sites is 2. The number of hydrogen-bond acceptors (Lipinski definition) is 7. The van der Waals surface area contributed by atoms with Gasteiger partial charge in [0.25, 0.3) is 0 Å². The summed E-state index contributed by atoms with van der Waals surface area (Å²) in [6, 6.07) is 11.6.